The van der Waals surface area contributed by atoms with Crippen molar-refractivity contribution in [3.63, 3.8) is 0 Å². The lowest BCUT2D eigenvalue weighted by Gasteiger charge is -2.55. The fourth-order valence-electron chi connectivity index (χ4n) is 3.25. The van der Waals surface area contributed by atoms with Crippen molar-refractivity contribution in [2.45, 2.75) is 65.0 Å². The number of nitrogens with one attached hydrogen (secondary N) is 1. The average molecular weight is 225 g/mol. The van der Waals surface area contributed by atoms with Crippen molar-refractivity contribution in [1.29, 1.82) is 0 Å². The lowest BCUT2D eigenvalue weighted by atomic mass is 9.58. The summed E-state index contributed by atoms with van der Waals surface area (Å²) < 4.78 is 6.14. The second-order valence-electron chi connectivity index (χ2n) is 5.55. The molecule has 0 aromatic carbocycles. The first-order valence-corrected chi connectivity index (χ1v) is 7.11. The van der Waals surface area contributed by atoms with Crippen molar-refractivity contribution in [3.8, 4) is 0 Å². The molecule has 0 spiro atoms. The number of rotatable bonds is 7. The molecular formula is C14H27NO. The largest absolute Gasteiger partial charge is 0.377 e. The van der Waals surface area contributed by atoms with E-state index in [-0.39, 0.29) is 0 Å². The van der Waals surface area contributed by atoms with E-state index in [1.54, 1.807) is 0 Å². The molecule has 1 N–H and O–H groups in total. The molecule has 0 radical (unpaired) electrons. The van der Waals surface area contributed by atoms with Crippen LogP contribution in [-0.4, -0.2) is 25.3 Å². The topological polar surface area (TPSA) is 21.3 Å². The van der Waals surface area contributed by atoms with Gasteiger partial charge in [0, 0.05) is 18.1 Å². The van der Waals surface area contributed by atoms with E-state index in [9.17, 15) is 0 Å². The maximum atomic E-state index is 6.14. The van der Waals surface area contributed by atoms with Crippen LogP contribution in [0.4, 0.5) is 0 Å². The fourth-order valence-corrected chi connectivity index (χ4v) is 3.25. The Labute approximate surface area is 100 Å². The molecule has 2 saturated carbocycles. The molecule has 0 saturated heterocycles. The molecular weight excluding hydrogens is 198 g/mol. The maximum absolute atomic E-state index is 6.14. The van der Waals surface area contributed by atoms with E-state index >= 15 is 0 Å². The molecule has 94 valence electrons. The van der Waals surface area contributed by atoms with Crippen LogP contribution in [0.3, 0.4) is 0 Å². The second-order valence-corrected chi connectivity index (χ2v) is 5.55. The van der Waals surface area contributed by atoms with Gasteiger partial charge in [0.25, 0.3) is 0 Å². The second kappa shape index (κ2) is 5.05. The molecule has 0 bridgehead atoms. The van der Waals surface area contributed by atoms with E-state index in [2.05, 4.69) is 26.1 Å². The van der Waals surface area contributed by atoms with E-state index in [0.717, 1.165) is 19.1 Å². The van der Waals surface area contributed by atoms with Crippen LogP contribution in [0.15, 0.2) is 0 Å². The summed E-state index contributed by atoms with van der Waals surface area (Å²) in [5.74, 6) is 0.893. The zero-order chi connectivity index (χ0) is 11.6. The minimum Gasteiger partial charge on any atom is -0.377 e. The van der Waals surface area contributed by atoms with Gasteiger partial charge in [0.2, 0.25) is 0 Å². The van der Waals surface area contributed by atoms with Gasteiger partial charge in [0.15, 0.2) is 0 Å². The van der Waals surface area contributed by atoms with E-state index in [1.165, 1.54) is 32.1 Å². The van der Waals surface area contributed by atoms with E-state index in [1.807, 2.05) is 0 Å². The minimum atomic E-state index is 0.422. The standard InChI is InChI=1S/C14H27NO/c1-4-14(5-2)12(15-6-3)9-13(14)16-10-11-7-8-11/h11-13,15H,4-10H2,1-3H3. The molecule has 2 aliphatic carbocycles. The molecule has 0 amide bonds. The van der Waals surface area contributed by atoms with Crippen LogP contribution in [0.1, 0.15) is 52.9 Å². The first kappa shape index (κ1) is 12.4. The molecule has 2 unspecified atom stereocenters. The highest BCUT2D eigenvalue weighted by Gasteiger charge is 2.53. The predicted octanol–water partition coefficient (Wildman–Crippen LogP) is 2.97. The molecule has 2 aliphatic rings. The van der Waals surface area contributed by atoms with Gasteiger partial charge < -0.3 is 10.1 Å². The fraction of sp³-hybridized carbons (Fsp3) is 1.00. The Balaban J connectivity index is 1.87. The van der Waals surface area contributed by atoms with Gasteiger partial charge in [-0.1, -0.05) is 20.8 Å². The van der Waals surface area contributed by atoms with Crippen LogP contribution in [0, 0.1) is 11.3 Å². The Morgan fingerprint density at radius 3 is 2.38 bits per heavy atom. The molecule has 2 atom stereocenters. The van der Waals surface area contributed by atoms with Crippen LogP contribution < -0.4 is 5.32 Å². The number of hydrogen-bond donors (Lipinski definition) is 1. The molecule has 2 fully saturated rings. The Morgan fingerprint density at radius 1 is 1.19 bits per heavy atom. The Bertz CT molecular complexity index is 221. The maximum Gasteiger partial charge on any atom is 0.0661 e. The van der Waals surface area contributed by atoms with Gasteiger partial charge in [-0.05, 0) is 44.6 Å². The van der Waals surface area contributed by atoms with E-state index in [0.29, 0.717) is 17.6 Å². The van der Waals surface area contributed by atoms with Crippen molar-refractivity contribution >= 4 is 0 Å². The van der Waals surface area contributed by atoms with Crippen LogP contribution in [-0.2, 0) is 4.74 Å². The Morgan fingerprint density at radius 2 is 1.88 bits per heavy atom. The lowest BCUT2D eigenvalue weighted by molar-refractivity contribution is -0.142. The predicted molar refractivity (Wildman–Crippen MR) is 67.6 cm³/mol. The summed E-state index contributed by atoms with van der Waals surface area (Å²) in [5.41, 5.74) is 0.422. The summed E-state index contributed by atoms with van der Waals surface area (Å²) in [6.45, 7) is 8.95. The third-order valence-electron chi connectivity index (χ3n) is 4.78. The first-order chi connectivity index (χ1) is 7.76. The van der Waals surface area contributed by atoms with E-state index in [4.69, 9.17) is 4.74 Å². The normalized spacial score (nSPS) is 32.4. The SMILES string of the molecule is CCNC1CC(OCC2CC2)C1(CC)CC. The van der Waals surface area contributed by atoms with Gasteiger partial charge in [-0.15, -0.1) is 0 Å². The van der Waals surface area contributed by atoms with Crippen LogP contribution in [0.5, 0.6) is 0 Å². The van der Waals surface area contributed by atoms with Crippen LogP contribution in [0.2, 0.25) is 0 Å². The van der Waals surface area contributed by atoms with Crippen molar-refractivity contribution < 1.29 is 4.74 Å². The monoisotopic (exact) mass is 225 g/mol. The summed E-state index contributed by atoms with van der Waals surface area (Å²) in [6, 6.07) is 0.691. The van der Waals surface area contributed by atoms with Crippen molar-refractivity contribution in [2.75, 3.05) is 13.2 Å². The Hall–Kier alpha value is -0.0800. The highest BCUT2D eigenvalue weighted by molar-refractivity contribution is 5.06. The van der Waals surface area contributed by atoms with Gasteiger partial charge >= 0.3 is 0 Å². The molecule has 2 nitrogen and oxygen atoms in total. The smallest absolute Gasteiger partial charge is 0.0661 e. The van der Waals surface area contributed by atoms with Crippen LogP contribution >= 0.6 is 0 Å². The summed E-state index contributed by atoms with van der Waals surface area (Å²) in [6.07, 6.45) is 7.03. The third kappa shape index (κ3) is 2.14. The number of hydrogen-bond acceptors (Lipinski definition) is 2. The zero-order valence-corrected chi connectivity index (χ0v) is 11.1. The van der Waals surface area contributed by atoms with Gasteiger partial charge in [0.1, 0.15) is 0 Å². The highest BCUT2D eigenvalue weighted by atomic mass is 16.5. The summed E-state index contributed by atoms with van der Waals surface area (Å²) in [7, 11) is 0. The highest BCUT2D eigenvalue weighted by Crippen LogP contribution is 2.49. The Kier molecular flexibility index (Phi) is 3.91. The van der Waals surface area contributed by atoms with Gasteiger partial charge in [-0.2, -0.15) is 0 Å². The van der Waals surface area contributed by atoms with Crippen LogP contribution in [0.25, 0.3) is 0 Å². The summed E-state index contributed by atoms with van der Waals surface area (Å²) >= 11 is 0. The van der Waals surface area contributed by atoms with Crippen molar-refractivity contribution in [1.82, 2.24) is 5.32 Å². The summed E-state index contributed by atoms with van der Waals surface area (Å²) in [5, 5.41) is 3.63. The molecule has 2 rings (SSSR count). The summed E-state index contributed by atoms with van der Waals surface area (Å²) in [4.78, 5) is 0. The molecule has 16 heavy (non-hydrogen) atoms. The van der Waals surface area contributed by atoms with Gasteiger partial charge in [-0.3, -0.25) is 0 Å². The van der Waals surface area contributed by atoms with E-state index < -0.39 is 0 Å². The molecule has 2 heteroatoms. The minimum absolute atomic E-state index is 0.422. The third-order valence-corrected chi connectivity index (χ3v) is 4.78. The molecule has 0 aliphatic heterocycles. The van der Waals surface area contributed by atoms with Crippen molar-refractivity contribution in [3.05, 3.63) is 0 Å². The molecule has 0 aromatic heterocycles. The number of ether oxygens (including phenoxy) is 1. The van der Waals surface area contributed by atoms with Crippen molar-refractivity contribution in [2.24, 2.45) is 11.3 Å². The molecule has 0 aromatic rings. The van der Waals surface area contributed by atoms with Gasteiger partial charge in [-0.25, -0.2) is 0 Å². The van der Waals surface area contributed by atoms with Gasteiger partial charge in [0.05, 0.1) is 6.10 Å². The molecule has 0 heterocycles. The quantitative estimate of drug-likeness (QED) is 0.719. The zero-order valence-electron chi connectivity index (χ0n) is 11.1. The first-order valence-electron chi connectivity index (χ1n) is 7.11. The average Bonchev–Trinajstić information content (AvgIpc) is 3.08. The lowest BCUT2D eigenvalue weighted by Crippen LogP contribution is -2.63.